The summed E-state index contributed by atoms with van der Waals surface area (Å²) in [7, 11) is 0. The fourth-order valence-corrected chi connectivity index (χ4v) is 2.11. The molecule has 0 N–H and O–H groups in total. The Bertz CT molecular complexity index is 839. The molecule has 1 heterocycles. The van der Waals surface area contributed by atoms with Crippen molar-refractivity contribution in [2.45, 2.75) is 6.61 Å². The lowest BCUT2D eigenvalue weighted by Crippen LogP contribution is -1.97. The smallest absolute Gasteiger partial charge is 0.264 e. The molecule has 0 radical (unpaired) electrons. The minimum Gasteiger partial charge on any atom is -0.482 e. The van der Waals surface area contributed by atoms with Crippen molar-refractivity contribution in [2.24, 2.45) is 0 Å². The van der Waals surface area contributed by atoms with Gasteiger partial charge in [0, 0.05) is 5.56 Å². The standard InChI is InChI=1S/C16H10ClN3O2/c17-13-7-3-2-6-12(13)16-19-15(22-20-16)10-21-14-8-4-1-5-11(14)9-18/h1-8H,10H2. The molecule has 0 aliphatic carbocycles. The van der Waals surface area contributed by atoms with Gasteiger partial charge in [-0.25, -0.2) is 0 Å². The van der Waals surface area contributed by atoms with Crippen molar-refractivity contribution in [3.63, 3.8) is 0 Å². The summed E-state index contributed by atoms with van der Waals surface area (Å²) in [5.74, 6) is 1.18. The number of rotatable bonds is 4. The van der Waals surface area contributed by atoms with E-state index >= 15 is 0 Å². The van der Waals surface area contributed by atoms with E-state index in [2.05, 4.69) is 16.2 Å². The Morgan fingerprint density at radius 3 is 2.73 bits per heavy atom. The highest BCUT2D eigenvalue weighted by Crippen LogP contribution is 2.25. The molecule has 0 saturated heterocycles. The van der Waals surface area contributed by atoms with Crippen LogP contribution in [0.3, 0.4) is 0 Å². The van der Waals surface area contributed by atoms with Gasteiger partial charge >= 0.3 is 0 Å². The molecule has 108 valence electrons. The topological polar surface area (TPSA) is 71.9 Å². The highest BCUT2D eigenvalue weighted by atomic mass is 35.5. The molecule has 5 nitrogen and oxygen atoms in total. The van der Waals surface area contributed by atoms with E-state index in [0.29, 0.717) is 33.6 Å². The molecule has 0 unspecified atom stereocenters. The zero-order chi connectivity index (χ0) is 15.4. The molecule has 2 aromatic carbocycles. The summed E-state index contributed by atoms with van der Waals surface area (Å²) in [5, 5.41) is 13.4. The van der Waals surface area contributed by atoms with Gasteiger partial charge in [0.05, 0.1) is 10.6 Å². The van der Waals surface area contributed by atoms with E-state index in [9.17, 15) is 0 Å². The van der Waals surface area contributed by atoms with Gasteiger partial charge in [0.25, 0.3) is 5.89 Å². The highest BCUT2D eigenvalue weighted by Gasteiger charge is 2.12. The number of para-hydroxylation sites is 1. The third-order valence-corrected chi connectivity index (χ3v) is 3.27. The average Bonchev–Trinajstić information content (AvgIpc) is 3.02. The summed E-state index contributed by atoms with van der Waals surface area (Å²) in [6.07, 6.45) is 0. The Kier molecular flexibility index (Phi) is 4.03. The van der Waals surface area contributed by atoms with Crippen molar-refractivity contribution in [3.8, 4) is 23.2 Å². The van der Waals surface area contributed by atoms with Gasteiger partial charge in [-0.05, 0) is 24.3 Å². The van der Waals surface area contributed by atoms with Gasteiger partial charge in [-0.2, -0.15) is 10.2 Å². The third-order valence-electron chi connectivity index (χ3n) is 2.94. The normalized spacial score (nSPS) is 10.2. The molecule has 0 bridgehead atoms. The molecule has 3 rings (SSSR count). The minimum atomic E-state index is 0.0795. The zero-order valence-electron chi connectivity index (χ0n) is 11.4. The van der Waals surface area contributed by atoms with Crippen LogP contribution in [0.15, 0.2) is 53.1 Å². The molecule has 0 fully saturated rings. The lowest BCUT2D eigenvalue weighted by Gasteiger charge is -2.03. The number of ether oxygens (including phenoxy) is 1. The Balaban J connectivity index is 1.76. The van der Waals surface area contributed by atoms with Crippen LogP contribution in [0.25, 0.3) is 11.4 Å². The molecule has 0 aliphatic heterocycles. The van der Waals surface area contributed by atoms with E-state index in [0.717, 1.165) is 0 Å². The monoisotopic (exact) mass is 311 g/mol. The van der Waals surface area contributed by atoms with Gasteiger partial charge in [-0.15, -0.1) is 0 Å². The largest absolute Gasteiger partial charge is 0.482 e. The van der Waals surface area contributed by atoms with Crippen LogP contribution in [0, 0.1) is 11.3 Å². The molecular formula is C16H10ClN3O2. The Morgan fingerprint density at radius 2 is 1.91 bits per heavy atom. The predicted molar refractivity (Wildman–Crippen MR) is 80.2 cm³/mol. The van der Waals surface area contributed by atoms with Crippen molar-refractivity contribution >= 4 is 11.6 Å². The Hall–Kier alpha value is -2.84. The fourth-order valence-electron chi connectivity index (χ4n) is 1.89. The second kappa shape index (κ2) is 6.29. The van der Waals surface area contributed by atoms with E-state index < -0.39 is 0 Å². The van der Waals surface area contributed by atoms with Crippen molar-refractivity contribution in [1.82, 2.24) is 10.1 Å². The second-order valence-electron chi connectivity index (χ2n) is 4.39. The van der Waals surface area contributed by atoms with E-state index in [-0.39, 0.29) is 6.61 Å². The first-order chi connectivity index (χ1) is 10.8. The number of nitriles is 1. The van der Waals surface area contributed by atoms with E-state index in [1.54, 1.807) is 30.3 Å². The van der Waals surface area contributed by atoms with Crippen LogP contribution in [-0.2, 0) is 6.61 Å². The predicted octanol–water partition coefficient (Wildman–Crippen LogP) is 3.84. The van der Waals surface area contributed by atoms with Crippen LogP contribution in [0.4, 0.5) is 0 Å². The summed E-state index contributed by atoms with van der Waals surface area (Å²) >= 11 is 6.09. The molecule has 3 aromatic rings. The summed E-state index contributed by atoms with van der Waals surface area (Å²) in [5.41, 5.74) is 1.14. The minimum absolute atomic E-state index is 0.0795. The van der Waals surface area contributed by atoms with Crippen molar-refractivity contribution < 1.29 is 9.26 Å². The summed E-state index contributed by atoms with van der Waals surface area (Å²) < 4.78 is 10.7. The average molecular weight is 312 g/mol. The number of benzene rings is 2. The number of aromatic nitrogens is 2. The van der Waals surface area contributed by atoms with Gasteiger partial charge < -0.3 is 9.26 Å². The van der Waals surface area contributed by atoms with E-state index in [1.807, 2.05) is 18.2 Å². The lowest BCUT2D eigenvalue weighted by molar-refractivity contribution is 0.242. The van der Waals surface area contributed by atoms with Crippen molar-refractivity contribution in [1.29, 1.82) is 5.26 Å². The second-order valence-corrected chi connectivity index (χ2v) is 4.80. The first-order valence-electron chi connectivity index (χ1n) is 6.47. The highest BCUT2D eigenvalue weighted by molar-refractivity contribution is 6.33. The molecule has 0 aliphatic rings. The molecular weight excluding hydrogens is 302 g/mol. The van der Waals surface area contributed by atoms with Gasteiger partial charge in [0.15, 0.2) is 6.61 Å². The molecule has 0 saturated carbocycles. The van der Waals surface area contributed by atoms with Crippen LogP contribution in [0.5, 0.6) is 5.75 Å². The molecule has 6 heteroatoms. The van der Waals surface area contributed by atoms with Gasteiger partial charge in [0.2, 0.25) is 5.82 Å². The van der Waals surface area contributed by atoms with Crippen LogP contribution in [-0.4, -0.2) is 10.1 Å². The molecule has 22 heavy (non-hydrogen) atoms. The fraction of sp³-hybridized carbons (Fsp3) is 0.0625. The molecule has 0 spiro atoms. The van der Waals surface area contributed by atoms with Crippen LogP contribution >= 0.6 is 11.6 Å². The number of nitrogens with zero attached hydrogens (tertiary/aromatic N) is 3. The van der Waals surface area contributed by atoms with Crippen molar-refractivity contribution in [3.05, 3.63) is 65.0 Å². The van der Waals surface area contributed by atoms with Crippen molar-refractivity contribution in [2.75, 3.05) is 0 Å². The van der Waals surface area contributed by atoms with Gasteiger partial charge in [-0.3, -0.25) is 0 Å². The number of hydrogen-bond donors (Lipinski definition) is 0. The lowest BCUT2D eigenvalue weighted by atomic mass is 10.2. The quantitative estimate of drug-likeness (QED) is 0.732. The summed E-state index contributed by atoms with van der Waals surface area (Å²) in [6, 6.07) is 16.3. The van der Waals surface area contributed by atoms with Crippen LogP contribution in [0.2, 0.25) is 5.02 Å². The third kappa shape index (κ3) is 2.92. The van der Waals surface area contributed by atoms with E-state index in [4.69, 9.17) is 26.1 Å². The Morgan fingerprint density at radius 1 is 1.14 bits per heavy atom. The van der Waals surface area contributed by atoms with Crippen LogP contribution < -0.4 is 4.74 Å². The number of halogens is 1. The maximum Gasteiger partial charge on any atom is 0.264 e. The van der Waals surface area contributed by atoms with Crippen LogP contribution in [0.1, 0.15) is 11.5 Å². The molecule has 0 amide bonds. The molecule has 1 aromatic heterocycles. The zero-order valence-corrected chi connectivity index (χ0v) is 12.1. The Labute approximate surface area is 131 Å². The maximum absolute atomic E-state index is 9.00. The first kappa shape index (κ1) is 14.1. The first-order valence-corrected chi connectivity index (χ1v) is 6.85. The maximum atomic E-state index is 9.00. The van der Waals surface area contributed by atoms with E-state index in [1.165, 1.54) is 0 Å². The summed E-state index contributed by atoms with van der Waals surface area (Å²) in [6.45, 7) is 0.0795. The van der Waals surface area contributed by atoms with Gasteiger partial charge in [0.1, 0.15) is 11.8 Å². The SMILES string of the molecule is N#Cc1ccccc1OCc1nc(-c2ccccc2Cl)no1. The van der Waals surface area contributed by atoms with Gasteiger partial charge in [-0.1, -0.05) is 41.0 Å². The summed E-state index contributed by atoms with van der Waals surface area (Å²) in [4.78, 5) is 4.24. The number of hydrogen-bond acceptors (Lipinski definition) is 5. The molecule has 0 atom stereocenters.